The Kier molecular flexibility index (Phi) is 2.53. The third kappa shape index (κ3) is 1.61. The van der Waals surface area contributed by atoms with Crippen molar-refractivity contribution in [3.05, 3.63) is 40.1 Å². The average molecular weight is 224 g/mol. The van der Waals surface area contributed by atoms with Crippen LogP contribution < -0.4 is 5.73 Å². The van der Waals surface area contributed by atoms with E-state index in [2.05, 4.69) is 4.98 Å². The molecule has 0 spiro atoms. The van der Waals surface area contributed by atoms with Gasteiger partial charge in [0.2, 0.25) is 5.82 Å². The summed E-state index contributed by atoms with van der Waals surface area (Å²) in [6.45, 7) is 0.298. The minimum atomic E-state index is -0.590. The van der Waals surface area contributed by atoms with E-state index in [1.165, 1.54) is 16.7 Å². The van der Waals surface area contributed by atoms with Crippen molar-refractivity contribution < 1.29 is 9.31 Å². The molecule has 0 fully saturated rings. The third-order valence-corrected chi connectivity index (χ3v) is 2.20. The van der Waals surface area contributed by atoms with Crippen LogP contribution in [0.3, 0.4) is 0 Å². The maximum atomic E-state index is 13.0. The van der Waals surface area contributed by atoms with E-state index in [9.17, 15) is 14.5 Å². The van der Waals surface area contributed by atoms with Crippen molar-refractivity contribution in [2.75, 3.05) is 6.54 Å². The molecule has 0 saturated heterocycles. The van der Waals surface area contributed by atoms with Gasteiger partial charge in [-0.2, -0.15) is 0 Å². The first kappa shape index (κ1) is 10.5. The number of nitro groups is 1. The molecule has 0 radical (unpaired) electrons. The van der Waals surface area contributed by atoms with Gasteiger partial charge in [0.25, 0.3) is 0 Å². The molecule has 2 aromatic rings. The van der Waals surface area contributed by atoms with Crippen LogP contribution in [0.25, 0.3) is 5.52 Å². The first-order valence-electron chi connectivity index (χ1n) is 4.64. The van der Waals surface area contributed by atoms with Crippen LogP contribution in [0.4, 0.5) is 10.2 Å². The van der Waals surface area contributed by atoms with E-state index in [0.717, 1.165) is 6.07 Å². The number of nitrogens with zero attached hydrogens (tertiary/aromatic N) is 3. The van der Waals surface area contributed by atoms with E-state index in [1.807, 2.05) is 0 Å². The lowest BCUT2D eigenvalue weighted by Crippen LogP contribution is -2.06. The summed E-state index contributed by atoms with van der Waals surface area (Å²) < 4.78 is 14.4. The second kappa shape index (κ2) is 3.86. The van der Waals surface area contributed by atoms with Gasteiger partial charge in [-0.25, -0.2) is 4.39 Å². The van der Waals surface area contributed by atoms with Gasteiger partial charge in [0.1, 0.15) is 11.3 Å². The molecule has 6 nitrogen and oxygen atoms in total. The summed E-state index contributed by atoms with van der Waals surface area (Å²) in [7, 11) is 0. The van der Waals surface area contributed by atoms with Crippen molar-refractivity contribution in [3.8, 4) is 0 Å². The Morgan fingerprint density at radius 1 is 1.56 bits per heavy atom. The first-order valence-corrected chi connectivity index (χ1v) is 4.64. The zero-order valence-electron chi connectivity index (χ0n) is 8.26. The Morgan fingerprint density at radius 2 is 2.31 bits per heavy atom. The quantitative estimate of drug-likeness (QED) is 0.619. The molecule has 0 aliphatic heterocycles. The predicted octanol–water partition coefficient (Wildman–Crippen LogP) is 0.883. The summed E-state index contributed by atoms with van der Waals surface area (Å²) in [6, 6.07) is 2.50. The van der Waals surface area contributed by atoms with Crippen molar-refractivity contribution in [2.24, 2.45) is 5.73 Å². The van der Waals surface area contributed by atoms with Crippen molar-refractivity contribution >= 4 is 11.3 Å². The van der Waals surface area contributed by atoms with Gasteiger partial charge in [-0.3, -0.25) is 4.40 Å². The zero-order chi connectivity index (χ0) is 11.7. The molecule has 2 rings (SSSR count). The van der Waals surface area contributed by atoms with Crippen LogP contribution in [-0.4, -0.2) is 20.9 Å². The topological polar surface area (TPSA) is 86.5 Å². The van der Waals surface area contributed by atoms with Crippen LogP contribution >= 0.6 is 0 Å². The van der Waals surface area contributed by atoms with E-state index < -0.39 is 10.7 Å². The molecule has 2 heterocycles. The van der Waals surface area contributed by atoms with E-state index in [4.69, 9.17) is 5.73 Å². The number of pyridine rings is 1. The summed E-state index contributed by atoms with van der Waals surface area (Å²) >= 11 is 0. The number of rotatable bonds is 3. The van der Waals surface area contributed by atoms with Gasteiger partial charge in [-0.05, 0) is 22.0 Å². The minimum absolute atomic E-state index is 0.273. The van der Waals surface area contributed by atoms with Crippen molar-refractivity contribution in [1.29, 1.82) is 0 Å². The molecule has 7 heteroatoms. The maximum Gasteiger partial charge on any atom is 0.389 e. The maximum absolute atomic E-state index is 13.0. The number of fused-ring (bicyclic) bond motifs is 1. The number of hydrogen-bond acceptors (Lipinski definition) is 4. The van der Waals surface area contributed by atoms with E-state index in [-0.39, 0.29) is 11.3 Å². The van der Waals surface area contributed by atoms with Crippen LogP contribution in [-0.2, 0) is 6.42 Å². The second-order valence-electron chi connectivity index (χ2n) is 3.25. The lowest BCUT2D eigenvalue weighted by molar-refractivity contribution is -0.387. The van der Waals surface area contributed by atoms with Gasteiger partial charge in [0.15, 0.2) is 0 Å². The third-order valence-electron chi connectivity index (χ3n) is 2.20. The highest BCUT2D eigenvalue weighted by Crippen LogP contribution is 2.20. The second-order valence-corrected chi connectivity index (χ2v) is 3.25. The molecule has 84 valence electrons. The fourth-order valence-corrected chi connectivity index (χ4v) is 1.54. The van der Waals surface area contributed by atoms with Crippen LogP contribution in [0.2, 0.25) is 0 Å². The van der Waals surface area contributed by atoms with Gasteiger partial charge in [-0.1, -0.05) is 0 Å². The summed E-state index contributed by atoms with van der Waals surface area (Å²) in [5.41, 5.74) is 5.63. The molecule has 2 N–H and O–H groups in total. The zero-order valence-corrected chi connectivity index (χ0v) is 8.26. The van der Waals surface area contributed by atoms with Crippen LogP contribution in [0.15, 0.2) is 18.3 Å². The summed E-state index contributed by atoms with van der Waals surface area (Å²) in [5, 5.41) is 10.7. The van der Waals surface area contributed by atoms with Crippen molar-refractivity contribution in [2.45, 2.75) is 6.42 Å². The Balaban J connectivity index is 2.71. The molecule has 0 amide bonds. The lowest BCUT2D eigenvalue weighted by Gasteiger charge is -1.95. The van der Waals surface area contributed by atoms with Gasteiger partial charge in [0.05, 0.1) is 0 Å². The predicted molar refractivity (Wildman–Crippen MR) is 54.6 cm³/mol. The normalized spacial score (nSPS) is 10.9. The molecule has 0 unspecified atom stereocenters. The molecule has 0 aromatic carbocycles. The fraction of sp³-hybridized carbons (Fsp3) is 0.222. The monoisotopic (exact) mass is 224 g/mol. The number of nitrogens with two attached hydrogens (primary N) is 1. The fourth-order valence-electron chi connectivity index (χ4n) is 1.54. The van der Waals surface area contributed by atoms with Crippen LogP contribution in [0.5, 0.6) is 0 Å². The molecular formula is C9H9FN4O2. The Bertz CT molecular complexity index is 552. The molecule has 0 saturated carbocycles. The number of aromatic nitrogens is 2. The van der Waals surface area contributed by atoms with Gasteiger partial charge in [-0.15, -0.1) is 0 Å². The van der Waals surface area contributed by atoms with Gasteiger partial charge in [0, 0.05) is 19.2 Å². The van der Waals surface area contributed by atoms with E-state index in [1.54, 1.807) is 0 Å². The van der Waals surface area contributed by atoms with Gasteiger partial charge >= 0.3 is 5.82 Å². The standard InChI is InChI=1S/C9H9FN4O2/c10-6-1-2-7-9(14(15)16)12-8(3-4-11)13(7)5-6/h1-2,5H,3-4,11H2. The largest absolute Gasteiger partial charge is 0.389 e. The van der Waals surface area contributed by atoms with E-state index >= 15 is 0 Å². The average Bonchev–Trinajstić information content (AvgIpc) is 2.58. The van der Waals surface area contributed by atoms with Crippen LogP contribution in [0, 0.1) is 15.9 Å². The molecule has 0 aliphatic rings. The number of imidazole rings is 1. The first-order chi connectivity index (χ1) is 7.63. The number of hydrogen-bond donors (Lipinski definition) is 1. The van der Waals surface area contributed by atoms with E-state index in [0.29, 0.717) is 18.8 Å². The highest BCUT2D eigenvalue weighted by atomic mass is 19.1. The molecular weight excluding hydrogens is 215 g/mol. The Morgan fingerprint density at radius 3 is 2.94 bits per heavy atom. The molecule has 0 atom stereocenters. The summed E-state index contributed by atoms with van der Waals surface area (Å²) in [5.74, 6) is -0.356. The SMILES string of the molecule is NCCc1nc([N+](=O)[O-])c2ccc(F)cn12. The Labute approximate surface area is 89.7 Å². The highest BCUT2D eigenvalue weighted by molar-refractivity contribution is 5.62. The smallest absolute Gasteiger partial charge is 0.358 e. The Hall–Kier alpha value is -2.02. The highest BCUT2D eigenvalue weighted by Gasteiger charge is 2.21. The molecule has 0 aliphatic carbocycles. The minimum Gasteiger partial charge on any atom is -0.358 e. The molecule has 16 heavy (non-hydrogen) atoms. The van der Waals surface area contributed by atoms with Crippen LogP contribution in [0.1, 0.15) is 5.82 Å². The molecule has 2 aromatic heterocycles. The summed E-state index contributed by atoms with van der Waals surface area (Å²) in [4.78, 5) is 14.0. The van der Waals surface area contributed by atoms with Gasteiger partial charge < -0.3 is 15.8 Å². The summed E-state index contributed by atoms with van der Waals surface area (Å²) in [6.07, 6.45) is 1.53. The molecule has 0 bridgehead atoms. The van der Waals surface area contributed by atoms with Crippen molar-refractivity contribution in [1.82, 2.24) is 9.38 Å². The lowest BCUT2D eigenvalue weighted by atomic mass is 10.4. The van der Waals surface area contributed by atoms with Crippen molar-refractivity contribution in [3.63, 3.8) is 0 Å². The number of halogens is 1.